The lowest BCUT2D eigenvalue weighted by atomic mass is 10.0. The van der Waals surface area contributed by atoms with E-state index in [1.165, 1.54) is 0 Å². The van der Waals surface area contributed by atoms with Crippen LogP contribution in [0, 0.1) is 0 Å². The summed E-state index contributed by atoms with van der Waals surface area (Å²) in [5.41, 5.74) is 0.894. The van der Waals surface area contributed by atoms with Crippen molar-refractivity contribution in [2.45, 2.75) is 38.8 Å². The van der Waals surface area contributed by atoms with Crippen molar-refractivity contribution in [3.8, 4) is 5.75 Å². The highest BCUT2D eigenvalue weighted by molar-refractivity contribution is 5.78. The number of allylic oxidation sites excluding steroid dienone is 1. The van der Waals surface area contributed by atoms with E-state index < -0.39 is 0 Å². The van der Waals surface area contributed by atoms with Crippen molar-refractivity contribution in [1.29, 1.82) is 0 Å². The lowest BCUT2D eigenvalue weighted by molar-refractivity contribution is -0.135. The molecule has 0 aliphatic carbocycles. The molecule has 0 saturated heterocycles. The molecule has 0 unspecified atom stereocenters. The summed E-state index contributed by atoms with van der Waals surface area (Å²) in [5.74, 6) is 1.05. The molecule has 0 bridgehead atoms. The first-order valence-corrected chi connectivity index (χ1v) is 6.64. The maximum absolute atomic E-state index is 12.2. The zero-order valence-corrected chi connectivity index (χ0v) is 11.8. The third-order valence-electron chi connectivity index (χ3n) is 3.55. The van der Waals surface area contributed by atoms with E-state index in [0.717, 1.165) is 17.7 Å². The van der Waals surface area contributed by atoms with Gasteiger partial charge in [0.1, 0.15) is 5.75 Å². The molecule has 1 aromatic rings. The Morgan fingerprint density at radius 2 is 1.95 bits per heavy atom. The van der Waals surface area contributed by atoms with Crippen LogP contribution in [0.3, 0.4) is 0 Å². The predicted molar refractivity (Wildman–Crippen MR) is 76.0 cm³/mol. The van der Waals surface area contributed by atoms with Crippen LogP contribution in [-0.4, -0.2) is 23.5 Å². The molecular formula is C16H21NO2. The van der Waals surface area contributed by atoms with E-state index in [1.54, 1.807) is 7.11 Å². The molecule has 1 aliphatic rings. The molecular weight excluding hydrogens is 238 g/mol. The van der Waals surface area contributed by atoms with Gasteiger partial charge in [-0.3, -0.25) is 4.79 Å². The van der Waals surface area contributed by atoms with Crippen molar-refractivity contribution in [3.63, 3.8) is 0 Å². The fourth-order valence-corrected chi connectivity index (χ4v) is 2.33. The number of nitrogens with zero attached hydrogens (tertiary/aromatic N) is 1. The largest absolute Gasteiger partial charge is 0.497 e. The molecule has 1 heterocycles. The van der Waals surface area contributed by atoms with Gasteiger partial charge in [0.25, 0.3) is 0 Å². The van der Waals surface area contributed by atoms with Crippen molar-refractivity contribution in [2.75, 3.05) is 7.11 Å². The van der Waals surface area contributed by atoms with Gasteiger partial charge in [-0.1, -0.05) is 24.3 Å². The van der Waals surface area contributed by atoms with Crippen molar-refractivity contribution in [3.05, 3.63) is 42.0 Å². The summed E-state index contributed by atoms with van der Waals surface area (Å²) in [6, 6.07) is 7.88. The summed E-state index contributed by atoms with van der Waals surface area (Å²) < 4.78 is 5.15. The maximum atomic E-state index is 12.2. The highest BCUT2D eigenvalue weighted by Gasteiger charge is 2.29. The summed E-state index contributed by atoms with van der Waals surface area (Å²) in [6.45, 7) is 4.80. The molecule has 1 amide bonds. The molecule has 3 nitrogen and oxygen atoms in total. The second kappa shape index (κ2) is 5.47. The van der Waals surface area contributed by atoms with Crippen LogP contribution in [0.5, 0.6) is 5.75 Å². The first kappa shape index (κ1) is 13.7. The van der Waals surface area contributed by atoms with Gasteiger partial charge < -0.3 is 9.64 Å². The topological polar surface area (TPSA) is 29.5 Å². The highest BCUT2D eigenvalue weighted by atomic mass is 16.5. The Morgan fingerprint density at radius 3 is 2.58 bits per heavy atom. The van der Waals surface area contributed by atoms with Crippen LogP contribution in [0.4, 0.5) is 0 Å². The number of rotatable bonds is 3. The molecule has 0 spiro atoms. The number of ether oxygens (including phenoxy) is 1. The van der Waals surface area contributed by atoms with E-state index in [9.17, 15) is 4.79 Å². The smallest absolute Gasteiger partial charge is 0.223 e. The van der Waals surface area contributed by atoms with E-state index in [-0.39, 0.29) is 11.4 Å². The summed E-state index contributed by atoms with van der Waals surface area (Å²) in [7, 11) is 1.65. The molecule has 1 aromatic carbocycles. The molecule has 3 heteroatoms. The second-order valence-corrected chi connectivity index (χ2v) is 5.42. The fourth-order valence-electron chi connectivity index (χ4n) is 2.33. The van der Waals surface area contributed by atoms with Crippen molar-refractivity contribution in [1.82, 2.24) is 4.90 Å². The summed E-state index contributed by atoms with van der Waals surface area (Å²) >= 11 is 0. The van der Waals surface area contributed by atoms with Gasteiger partial charge in [0, 0.05) is 13.0 Å². The number of carbonyl (C=O) groups excluding carboxylic acids is 1. The van der Waals surface area contributed by atoms with E-state index in [2.05, 4.69) is 26.0 Å². The van der Waals surface area contributed by atoms with Gasteiger partial charge in [0.05, 0.1) is 12.6 Å². The molecule has 0 N–H and O–H groups in total. The SMILES string of the molecule is COc1ccc(CN2C(=O)CCC=CC2(C)C)cc1. The second-order valence-electron chi connectivity index (χ2n) is 5.42. The van der Waals surface area contributed by atoms with Crippen molar-refractivity contribution in [2.24, 2.45) is 0 Å². The van der Waals surface area contributed by atoms with Crippen LogP contribution < -0.4 is 4.74 Å². The van der Waals surface area contributed by atoms with Gasteiger partial charge in [-0.15, -0.1) is 0 Å². The van der Waals surface area contributed by atoms with Crippen LogP contribution in [0.15, 0.2) is 36.4 Å². The number of carbonyl (C=O) groups is 1. The molecule has 0 radical (unpaired) electrons. The van der Waals surface area contributed by atoms with Gasteiger partial charge in [-0.2, -0.15) is 0 Å². The molecule has 0 atom stereocenters. The number of amides is 1. The molecule has 0 saturated carbocycles. The van der Waals surface area contributed by atoms with Crippen LogP contribution in [0.25, 0.3) is 0 Å². The van der Waals surface area contributed by atoms with E-state index in [0.29, 0.717) is 13.0 Å². The lowest BCUT2D eigenvalue weighted by Gasteiger charge is -2.35. The number of hydrogen-bond donors (Lipinski definition) is 0. The van der Waals surface area contributed by atoms with Crippen LogP contribution in [0.1, 0.15) is 32.3 Å². The van der Waals surface area contributed by atoms with E-state index in [4.69, 9.17) is 4.74 Å². The standard InChI is InChI=1S/C16H21NO2/c1-16(2)11-5-4-6-15(18)17(16)12-13-7-9-14(19-3)10-8-13/h5,7-11H,4,6,12H2,1-3H3. The Bertz CT molecular complexity index is 474. The van der Waals surface area contributed by atoms with Gasteiger partial charge in [-0.05, 0) is 38.0 Å². The average molecular weight is 259 g/mol. The minimum Gasteiger partial charge on any atom is -0.497 e. The Morgan fingerprint density at radius 1 is 1.26 bits per heavy atom. The minimum atomic E-state index is -0.229. The minimum absolute atomic E-state index is 0.214. The molecule has 1 aliphatic heterocycles. The Hall–Kier alpha value is -1.77. The lowest BCUT2D eigenvalue weighted by Crippen LogP contribution is -2.44. The third-order valence-corrected chi connectivity index (χ3v) is 3.55. The molecule has 19 heavy (non-hydrogen) atoms. The van der Waals surface area contributed by atoms with Crippen LogP contribution in [-0.2, 0) is 11.3 Å². The number of benzene rings is 1. The van der Waals surface area contributed by atoms with Crippen LogP contribution in [0.2, 0.25) is 0 Å². The summed E-state index contributed by atoms with van der Waals surface area (Å²) in [5, 5.41) is 0. The number of hydrogen-bond acceptors (Lipinski definition) is 2. The summed E-state index contributed by atoms with van der Waals surface area (Å²) in [6.07, 6.45) is 5.66. The Balaban J connectivity index is 2.18. The monoisotopic (exact) mass is 259 g/mol. The maximum Gasteiger partial charge on any atom is 0.223 e. The highest BCUT2D eigenvalue weighted by Crippen LogP contribution is 2.25. The number of methoxy groups -OCH3 is 1. The van der Waals surface area contributed by atoms with E-state index in [1.807, 2.05) is 29.2 Å². The molecule has 0 aromatic heterocycles. The Kier molecular flexibility index (Phi) is 3.93. The fraction of sp³-hybridized carbons (Fsp3) is 0.438. The molecule has 2 rings (SSSR count). The first-order chi connectivity index (χ1) is 9.03. The normalized spacial score (nSPS) is 18.3. The Labute approximate surface area is 114 Å². The predicted octanol–water partition coefficient (Wildman–Crippen LogP) is 3.15. The van der Waals surface area contributed by atoms with Crippen molar-refractivity contribution < 1.29 is 9.53 Å². The summed E-state index contributed by atoms with van der Waals surface area (Å²) in [4.78, 5) is 14.2. The van der Waals surface area contributed by atoms with Gasteiger partial charge in [0.15, 0.2) is 0 Å². The third kappa shape index (κ3) is 3.16. The molecule has 0 fully saturated rings. The average Bonchev–Trinajstić information content (AvgIpc) is 2.52. The van der Waals surface area contributed by atoms with Crippen LogP contribution >= 0.6 is 0 Å². The van der Waals surface area contributed by atoms with Gasteiger partial charge >= 0.3 is 0 Å². The van der Waals surface area contributed by atoms with Gasteiger partial charge in [0.2, 0.25) is 5.91 Å². The van der Waals surface area contributed by atoms with Gasteiger partial charge in [-0.25, -0.2) is 0 Å². The zero-order chi connectivity index (χ0) is 13.9. The van der Waals surface area contributed by atoms with Crippen molar-refractivity contribution >= 4 is 5.91 Å². The zero-order valence-electron chi connectivity index (χ0n) is 11.8. The quantitative estimate of drug-likeness (QED) is 0.780. The molecule has 102 valence electrons. The first-order valence-electron chi connectivity index (χ1n) is 6.64. The van der Waals surface area contributed by atoms with E-state index >= 15 is 0 Å².